The number of hydrogen-bond acceptors (Lipinski definition) is 4. The quantitative estimate of drug-likeness (QED) is 0.766. The second-order valence-corrected chi connectivity index (χ2v) is 7.71. The van der Waals surface area contributed by atoms with Crippen molar-refractivity contribution in [1.29, 1.82) is 0 Å². The summed E-state index contributed by atoms with van der Waals surface area (Å²) >= 11 is 0. The van der Waals surface area contributed by atoms with E-state index in [4.69, 9.17) is 4.42 Å². The molecule has 0 radical (unpaired) electrons. The normalized spacial score (nSPS) is 23.1. The van der Waals surface area contributed by atoms with Crippen LogP contribution in [0.4, 0.5) is 0 Å². The van der Waals surface area contributed by atoms with Gasteiger partial charge in [0.2, 0.25) is 5.91 Å². The number of aromatic nitrogens is 3. The van der Waals surface area contributed by atoms with Crippen molar-refractivity contribution in [1.82, 2.24) is 19.5 Å². The van der Waals surface area contributed by atoms with Crippen molar-refractivity contribution >= 4 is 22.5 Å². The minimum absolute atomic E-state index is 0.0630. The molecule has 0 spiro atoms. The molecule has 1 N–H and O–H groups in total. The van der Waals surface area contributed by atoms with Crippen LogP contribution in [0.2, 0.25) is 0 Å². The molecule has 0 bridgehead atoms. The lowest BCUT2D eigenvalue weighted by molar-refractivity contribution is -0.123. The smallest absolute Gasteiger partial charge is 0.291 e. The van der Waals surface area contributed by atoms with Gasteiger partial charge in [0.05, 0.1) is 11.8 Å². The van der Waals surface area contributed by atoms with E-state index >= 15 is 0 Å². The topological polar surface area (TPSA) is 81.5 Å². The maximum atomic E-state index is 12.9. The van der Waals surface area contributed by atoms with Gasteiger partial charge < -0.3 is 9.73 Å². The third-order valence-electron chi connectivity index (χ3n) is 6.03. The molecule has 1 amide bonds. The number of rotatable bonds is 4. The summed E-state index contributed by atoms with van der Waals surface area (Å²) in [4.78, 5) is 25.5. The van der Waals surface area contributed by atoms with E-state index in [2.05, 4.69) is 24.3 Å². The fourth-order valence-corrected chi connectivity index (χ4v) is 4.23. The largest absolute Gasteiger partial charge is 0.463 e. The van der Waals surface area contributed by atoms with Gasteiger partial charge in [-0.15, -0.1) is 0 Å². The zero-order valence-corrected chi connectivity index (χ0v) is 16.1. The van der Waals surface area contributed by atoms with Crippen molar-refractivity contribution in [3.8, 4) is 0 Å². The van der Waals surface area contributed by atoms with Crippen molar-refractivity contribution in [3.05, 3.63) is 34.6 Å². The monoisotopic (exact) mass is 370 g/mol. The van der Waals surface area contributed by atoms with Gasteiger partial charge in [-0.05, 0) is 18.3 Å². The van der Waals surface area contributed by atoms with E-state index in [9.17, 15) is 9.59 Å². The number of hydrogen-bond donors (Lipinski definition) is 1. The molecule has 0 unspecified atom stereocenters. The summed E-state index contributed by atoms with van der Waals surface area (Å²) in [6.07, 6.45) is 5.57. The molecule has 0 saturated heterocycles. The number of furan rings is 1. The van der Waals surface area contributed by atoms with Gasteiger partial charge in [0, 0.05) is 24.6 Å². The Labute approximate surface area is 157 Å². The summed E-state index contributed by atoms with van der Waals surface area (Å²) in [5.41, 5.74) is 1.69. The summed E-state index contributed by atoms with van der Waals surface area (Å²) in [5, 5.41) is 7.57. The number of carbonyl (C=O) groups excluding carboxylic acids is 1. The van der Waals surface area contributed by atoms with Gasteiger partial charge in [0.25, 0.3) is 5.56 Å². The van der Waals surface area contributed by atoms with Gasteiger partial charge in [0.15, 0.2) is 5.58 Å². The highest BCUT2D eigenvalue weighted by molar-refractivity contribution is 5.82. The van der Waals surface area contributed by atoms with Crippen LogP contribution in [0.25, 0.3) is 16.6 Å². The first-order valence-corrected chi connectivity index (χ1v) is 9.77. The molecule has 3 atom stereocenters. The molecule has 7 heteroatoms. The molecule has 1 aliphatic rings. The van der Waals surface area contributed by atoms with Crippen LogP contribution in [0.5, 0.6) is 0 Å². The van der Waals surface area contributed by atoms with Gasteiger partial charge >= 0.3 is 0 Å². The highest BCUT2D eigenvalue weighted by atomic mass is 16.3. The van der Waals surface area contributed by atoms with Crippen molar-refractivity contribution in [3.63, 3.8) is 0 Å². The number of amides is 1. The molecule has 3 aromatic rings. The fraction of sp³-hybridized carbons (Fsp3) is 0.550. The van der Waals surface area contributed by atoms with Crippen LogP contribution in [-0.4, -0.2) is 26.1 Å². The Hall–Kier alpha value is -2.57. The van der Waals surface area contributed by atoms with Gasteiger partial charge in [-0.2, -0.15) is 5.10 Å². The Kier molecular flexibility index (Phi) is 4.53. The number of fused-ring (bicyclic) bond motifs is 3. The van der Waals surface area contributed by atoms with E-state index in [0.29, 0.717) is 29.4 Å². The van der Waals surface area contributed by atoms with Crippen LogP contribution >= 0.6 is 0 Å². The highest BCUT2D eigenvalue weighted by Crippen LogP contribution is 2.29. The lowest BCUT2D eigenvalue weighted by Crippen LogP contribution is -2.46. The lowest BCUT2D eigenvalue weighted by Gasteiger charge is -2.34. The van der Waals surface area contributed by atoms with E-state index in [0.717, 1.165) is 24.2 Å². The minimum Gasteiger partial charge on any atom is -0.463 e. The number of nitrogens with one attached hydrogen (secondary N) is 1. The Morgan fingerprint density at radius 1 is 1.33 bits per heavy atom. The third kappa shape index (κ3) is 3.05. The highest BCUT2D eigenvalue weighted by Gasteiger charge is 2.28. The standard InChI is InChI=1S/C20H26N4O3/c1-4-18-22-23(11-19(25)21-14-7-5-6-12(2)13(14)3)20(26)16-10-17-15(24(16)18)8-9-27-17/h8-10,12-14H,4-7,11H2,1-3H3,(H,21,25)/t12-,13-,14+/m0/s1. The zero-order chi connectivity index (χ0) is 19.1. The Bertz CT molecular complexity index is 1040. The molecule has 3 aromatic heterocycles. The van der Waals surface area contributed by atoms with Crippen LogP contribution in [0.15, 0.2) is 27.6 Å². The Morgan fingerprint density at radius 3 is 2.93 bits per heavy atom. The van der Waals surface area contributed by atoms with Crippen LogP contribution < -0.4 is 10.9 Å². The molecule has 3 heterocycles. The minimum atomic E-state index is -0.279. The van der Waals surface area contributed by atoms with Crippen LogP contribution in [0, 0.1) is 11.8 Å². The van der Waals surface area contributed by atoms with E-state index in [1.807, 2.05) is 17.4 Å². The molecule has 1 fully saturated rings. The van der Waals surface area contributed by atoms with Gasteiger partial charge in [-0.1, -0.05) is 33.6 Å². The average molecular weight is 370 g/mol. The van der Waals surface area contributed by atoms with Crippen molar-refractivity contribution in [2.45, 2.75) is 59.0 Å². The first-order valence-electron chi connectivity index (χ1n) is 9.77. The Morgan fingerprint density at radius 2 is 2.15 bits per heavy atom. The van der Waals surface area contributed by atoms with Gasteiger partial charge in [-0.25, -0.2) is 4.68 Å². The predicted molar refractivity (Wildman–Crippen MR) is 103 cm³/mol. The van der Waals surface area contributed by atoms with E-state index in [1.165, 1.54) is 11.1 Å². The fourth-order valence-electron chi connectivity index (χ4n) is 4.23. The summed E-state index contributed by atoms with van der Waals surface area (Å²) in [6, 6.07) is 3.71. The zero-order valence-electron chi connectivity index (χ0n) is 16.1. The summed E-state index contributed by atoms with van der Waals surface area (Å²) in [6.45, 7) is 6.34. The lowest BCUT2D eigenvalue weighted by atomic mass is 9.78. The third-order valence-corrected chi connectivity index (χ3v) is 6.03. The van der Waals surface area contributed by atoms with Crippen LogP contribution in [-0.2, 0) is 17.8 Å². The summed E-state index contributed by atoms with van der Waals surface area (Å²) in [7, 11) is 0. The molecule has 144 valence electrons. The average Bonchev–Trinajstić information content (AvgIpc) is 3.23. The van der Waals surface area contributed by atoms with E-state index in [1.54, 1.807) is 12.3 Å². The number of nitrogens with zero attached hydrogens (tertiary/aromatic N) is 3. The SMILES string of the molecule is CCc1nn(CC(=O)N[C@@H]2CCC[C@H](C)[C@@H]2C)c(=O)c2cc3occc3n12. The second kappa shape index (κ2) is 6.87. The number of aryl methyl sites for hydroxylation is 1. The molecule has 4 rings (SSSR count). The number of carbonyl (C=O) groups is 1. The molecule has 27 heavy (non-hydrogen) atoms. The first kappa shape index (κ1) is 17.8. The molecule has 1 saturated carbocycles. The van der Waals surface area contributed by atoms with Crippen LogP contribution in [0.1, 0.15) is 45.9 Å². The molecular weight excluding hydrogens is 344 g/mol. The molecule has 1 aliphatic carbocycles. The van der Waals surface area contributed by atoms with Crippen LogP contribution in [0.3, 0.4) is 0 Å². The van der Waals surface area contributed by atoms with Crippen molar-refractivity contribution in [2.75, 3.05) is 0 Å². The molecular formula is C20H26N4O3. The van der Waals surface area contributed by atoms with E-state index in [-0.39, 0.29) is 24.1 Å². The van der Waals surface area contributed by atoms with Gasteiger partial charge in [0.1, 0.15) is 17.9 Å². The molecule has 7 nitrogen and oxygen atoms in total. The second-order valence-electron chi connectivity index (χ2n) is 7.71. The van der Waals surface area contributed by atoms with Crippen molar-refractivity contribution in [2.24, 2.45) is 11.8 Å². The maximum Gasteiger partial charge on any atom is 0.291 e. The van der Waals surface area contributed by atoms with Crippen molar-refractivity contribution < 1.29 is 9.21 Å². The maximum absolute atomic E-state index is 12.9. The Balaban J connectivity index is 1.63. The molecule has 0 aromatic carbocycles. The summed E-state index contributed by atoms with van der Waals surface area (Å²) in [5.74, 6) is 1.62. The predicted octanol–water partition coefficient (Wildman–Crippen LogP) is 2.75. The van der Waals surface area contributed by atoms with E-state index < -0.39 is 0 Å². The first-order chi connectivity index (χ1) is 13.0. The van der Waals surface area contributed by atoms with Gasteiger partial charge in [-0.3, -0.25) is 14.0 Å². The summed E-state index contributed by atoms with van der Waals surface area (Å²) < 4.78 is 8.52. The molecule has 0 aliphatic heterocycles.